The van der Waals surface area contributed by atoms with E-state index in [-0.39, 0.29) is 0 Å². The Kier molecular flexibility index (Phi) is 7.36. The average molecular weight is 326 g/mol. The first-order valence-corrected chi connectivity index (χ1v) is 6.26. The van der Waals surface area contributed by atoms with Crippen molar-refractivity contribution < 1.29 is 27.4 Å². The van der Waals surface area contributed by atoms with E-state index in [1.807, 2.05) is 24.3 Å². The van der Waals surface area contributed by atoms with E-state index in [2.05, 4.69) is 9.72 Å². The molecule has 0 saturated carbocycles. The highest BCUT2D eigenvalue weighted by Gasteiger charge is 2.25. The van der Waals surface area contributed by atoms with Crippen LogP contribution in [0.5, 0.6) is 11.6 Å². The molecular formula is C15H13F3N2O3. The Hall–Kier alpha value is -2.79. The van der Waals surface area contributed by atoms with Crippen molar-refractivity contribution in [3.05, 3.63) is 54.2 Å². The predicted molar refractivity (Wildman–Crippen MR) is 74.3 cm³/mol. The first-order chi connectivity index (χ1) is 11.0. The van der Waals surface area contributed by atoms with E-state index in [1.165, 1.54) is 0 Å². The minimum Gasteiger partial charge on any atom is -0.473 e. The highest BCUT2D eigenvalue weighted by Crippen LogP contribution is 2.19. The summed E-state index contributed by atoms with van der Waals surface area (Å²) >= 11 is 0. The van der Waals surface area contributed by atoms with Gasteiger partial charge in [-0.05, 0) is 12.1 Å². The summed E-state index contributed by atoms with van der Waals surface area (Å²) in [6.07, 6.45) is -1.15. The molecule has 0 bridgehead atoms. The number of benzene rings is 1. The van der Waals surface area contributed by atoms with E-state index in [4.69, 9.17) is 14.7 Å². The molecule has 0 spiro atoms. The Morgan fingerprint density at radius 1 is 1.13 bits per heavy atom. The lowest BCUT2D eigenvalue weighted by atomic mass is 10.2. The Morgan fingerprint density at radius 3 is 2.35 bits per heavy atom. The molecule has 1 heterocycles. The van der Waals surface area contributed by atoms with Crippen LogP contribution in [0.25, 0.3) is 0 Å². The van der Waals surface area contributed by atoms with Crippen LogP contribution in [0.3, 0.4) is 0 Å². The molecule has 0 aliphatic heterocycles. The lowest BCUT2D eigenvalue weighted by molar-refractivity contribution is -0.311. The van der Waals surface area contributed by atoms with E-state index in [1.54, 1.807) is 30.7 Å². The molecule has 23 heavy (non-hydrogen) atoms. The average Bonchev–Trinajstić information content (AvgIpc) is 2.55. The molecule has 8 heteroatoms. The third-order valence-corrected chi connectivity index (χ3v) is 2.37. The second-order valence-electron chi connectivity index (χ2n) is 3.91. The van der Waals surface area contributed by atoms with Gasteiger partial charge in [-0.1, -0.05) is 24.3 Å². The quantitative estimate of drug-likeness (QED) is 0.802. The van der Waals surface area contributed by atoms with Gasteiger partial charge in [0.1, 0.15) is 12.4 Å². The zero-order valence-corrected chi connectivity index (χ0v) is 12.1. The minimum absolute atomic E-state index is 0.314. The topological polar surface area (TPSA) is 64.4 Å². The van der Waals surface area contributed by atoms with Crippen LogP contribution in [0.15, 0.2) is 48.7 Å². The molecule has 0 unspecified atom stereocenters. The van der Waals surface area contributed by atoms with Crippen molar-refractivity contribution in [2.24, 2.45) is 0 Å². The minimum atomic E-state index is -4.46. The summed E-state index contributed by atoms with van der Waals surface area (Å²) in [7, 11) is 0.583. The zero-order valence-electron chi connectivity index (χ0n) is 12.1. The normalized spacial score (nSPS) is 10.0. The van der Waals surface area contributed by atoms with Crippen LogP contribution in [0, 0.1) is 11.5 Å². The molecule has 0 radical (unpaired) electrons. The molecule has 0 saturated heterocycles. The molecule has 122 valence electrons. The van der Waals surface area contributed by atoms with Crippen molar-refractivity contribution in [1.82, 2.24) is 4.98 Å². The lowest BCUT2D eigenvalue weighted by Gasteiger charge is -2.07. The van der Waals surface area contributed by atoms with E-state index < -0.39 is 6.36 Å². The van der Waals surface area contributed by atoms with Crippen LogP contribution >= 0.6 is 0 Å². The summed E-state index contributed by atoms with van der Waals surface area (Å²) in [5.74, 6) is 1.05. The third kappa shape index (κ3) is 7.68. The molecule has 2 aromatic rings. The monoisotopic (exact) mass is 326 g/mol. The number of ether oxygens (including phenoxy) is 3. The molecule has 1 aromatic heterocycles. The second-order valence-corrected chi connectivity index (χ2v) is 3.91. The van der Waals surface area contributed by atoms with Crippen molar-refractivity contribution in [3.8, 4) is 17.9 Å². The van der Waals surface area contributed by atoms with Crippen molar-refractivity contribution in [3.63, 3.8) is 0 Å². The fourth-order valence-electron chi connectivity index (χ4n) is 1.36. The maximum atomic E-state index is 10.6. The van der Waals surface area contributed by atoms with Gasteiger partial charge in [-0.3, -0.25) is 4.74 Å². The molecule has 5 nitrogen and oxygen atoms in total. The Labute approximate surface area is 130 Å². The van der Waals surface area contributed by atoms with Gasteiger partial charge in [0.15, 0.2) is 0 Å². The van der Waals surface area contributed by atoms with E-state index in [9.17, 15) is 13.2 Å². The van der Waals surface area contributed by atoms with E-state index in [0.29, 0.717) is 25.3 Å². The summed E-state index contributed by atoms with van der Waals surface area (Å²) in [4.78, 5) is 4.04. The van der Waals surface area contributed by atoms with E-state index in [0.717, 1.165) is 5.56 Å². The SMILES string of the molecule is COC(F)(F)F.N#COc1ccccc1COc1ccccn1. The number of aromatic nitrogens is 1. The Bertz CT molecular complexity index is 628. The molecule has 0 aliphatic rings. The standard InChI is InChI=1S/C13H10N2O2.C2H3F3O/c14-10-17-12-6-2-1-5-11(12)9-16-13-7-3-4-8-15-13;1-6-2(3,4)5/h1-8H,9H2;1H3. The van der Waals surface area contributed by atoms with Crippen molar-refractivity contribution in [2.45, 2.75) is 13.0 Å². The maximum absolute atomic E-state index is 10.6. The van der Waals surface area contributed by atoms with Gasteiger partial charge in [-0.2, -0.15) is 0 Å². The zero-order chi connectivity index (χ0) is 17.1. The Morgan fingerprint density at radius 2 is 1.78 bits per heavy atom. The van der Waals surface area contributed by atoms with Crippen LogP contribution in [-0.4, -0.2) is 18.5 Å². The molecule has 0 atom stereocenters. The van der Waals surface area contributed by atoms with Gasteiger partial charge in [0.25, 0.3) is 6.26 Å². The van der Waals surface area contributed by atoms with Crippen LogP contribution in [-0.2, 0) is 11.3 Å². The molecule has 2 rings (SSSR count). The third-order valence-electron chi connectivity index (χ3n) is 2.37. The number of pyridine rings is 1. The second kappa shape index (κ2) is 9.27. The number of hydrogen-bond acceptors (Lipinski definition) is 5. The summed E-state index contributed by atoms with van der Waals surface area (Å²) in [5, 5.41) is 8.50. The predicted octanol–water partition coefficient (Wildman–Crippen LogP) is 3.67. The van der Waals surface area contributed by atoms with Gasteiger partial charge >= 0.3 is 6.36 Å². The van der Waals surface area contributed by atoms with Crippen LogP contribution in [0.1, 0.15) is 5.56 Å². The van der Waals surface area contributed by atoms with Gasteiger partial charge in [0.2, 0.25) is 5.88 Å². The van der Waals surface area contributed by atoms with Gasteiger partial charge in [-0.15, -0.1) is 18.4 Å². The number of methoxy groups -OCH3 is 1. The van der Waals surface area contributed by atoms with Crippen molar-refractivity contribution in [2.75, 3.05) is 7.11 Å². The van der Waals surface area contributed by atoms with Crippen molar-refractivity contribution >= 4 is 0 Å². The summed E-state index contributed by atoms with van der Waals surface area (Å²) in [5.41, 5.74) is 0.805. The van der Waals surface area contributed by atoms with Crippen LogP contribution in [0.4, 0.5) is 13.2 Å². The molecule has 0 aliphatic carbocycles. The number of halogens is 3. The molecule has 0 fully saturated rings. The van der Waals surface area contributed by atoms with Crippen LogP contribution < -0.4 is 9.47 Å². The number of para-hydroxylation sites is 1. The highest BCUT2D eigenvalue weighted by molar-refractivity contribution is 5.33. The largest absolute Gasteiger partial charge is 0.522 e. The molecule has 0 amide bonds. The van der Waals surface area contributed by atoms with Gasteiger partial charge in [0, 0.05) is 24.9 Å². The summed E-state index contributed by atoms with van der Waals surface area (Å²) in [6.45, 7) is 0.314. The number of nitrogens with zero attached hydrogens (tertiary/aromatic N) is 2. The highest BCUT2D eigenvalue weighted by atomic mass is 19.4. The molecular weight excluding hydrogens is 313 g/mol. The molecule has 0 N–H and O–H groups in total. The van der Waals surface area contributed by atoms with Crippen LogP contribution in [0.2, 0.25) is 0 Å². The smallest absolute Gasteiger partial charge is 0.473 e. The first-order valence-electron chi connectivity index (χ1n) is 6.26. The number of hydrogen-bond donors (Lipinski definition) is 0. The molecule has 1 aromatic carbocycles. The fourth-order valence-corrected chi connectivity index (χ4v) is 1.36. The fraction of sp³-hybridized carbons (Fsp3) is 0.200. The number of nitriles is 1. The maximum Gasteiger partial charge on any atom is 0.522 e. The Balaban J connectivity index is 0.000000379. The lowest BCUT2D eigenvalue weighted by Crippen LogP contribution is -2.08. The van der Waals surface area contributed by atoms with Gasteiger partial charge in [-0.25, -0.2) is 4.98 Å². The first kappa shape index (κ1) is 18.3. The van der Waals surface area contributed by atoms with Crippen molar-refractivity contribution in [1.29, 1.82) is 5.26 Å². The van der Waals surface area contributed by atoms with Gasteiger partial charge in [0.05, 0.1) is 0 Å². The number of rotatable bonds is 4. The van der Waals surface area contributed by atoms with Gasteiger partial charge < -0.3 is 9.47 Å². The van der Waals surface area contributed by atoms with E-state index >= 15 is 0 Å². The summed E-state index contributed by atoms with van der Waals surface area (Å²) in [6, 6.07) is 12.7. The summed E-state index contributed by atoms with van der Waals surface area (Å²) < 4.78 is 44.9. The number of alkyl halides is 3.